The molecule has 0 fully saturated rings. The third kappa shape index (κ3) is 2.23. The minimum absolute atomic E-state index is 0.107. The van der Waals surface area contributed by atoms with Gasteiger partial charge in [-0.2, -0.15) is 0 Å². The molecule has 0 heterocycles. The predicted molar refractivity (Wildman–Crippen MR) is 45.4 cm³/mol. The van der Waals surface area contributed by atoms with Gasteiger partial charge in [-0.3, -0.25) is 0 Å². The van der Waals surface area contributed by atoms with Gasteiger partial charge in [0.15, 0.2) is 0 Å². The number of hydrogen-bond donors (Lipinski definition) is 2. The molecule has 0 spiro atoms. The Morgan fingerprint density at radius 1 is 1.23 bits per heavy atom. The zero-order valence-corrected chi connectivity index (χ0v) is 6.95. The van der Waals surface area contributed by atoms with Crippen LogP contribution in [-0.2, 0) is 0 Å². The quantitative estimate of drug-likeness (QED) is 0.755. The van der Waals surface area contributed by atoms with Gasteiger partial charge in [-0.1, -0.05) is 24.3 Å². The molecule has 0 aliphatic carbocycles. The summed E-state index contributed by atoms with van der Waals surface area (Å²) in [6, 6.07) is 5.23. The molecule has 1 aromatic rings. The molecular formula is C9H11F2NO. The van der Waals surface area contributed by atoms with Crippen molar-refractivity contribution >= 4 is 0 Å². The Balaban J connectivity index is 3.04. The standard InChI is InChI=1S/C9H11F2NO/c10-9(11)7-4-2-1-3-6(7)8(12)5-13/h1-4,8-9,13H,5,12H2. The number of alkyl halides is 2. The van der Waals surface area contributed by atoms with E-state index in [9.17, 15) is 8.78 Å². The highest BCUT2D eigenvalue weighted by atomic mass is 19.3. The van der Waals surface area contributed by atoms with Crippen LogP contribution in [0.3, 0.4) is 0 Å². The van der Waals surface area contributed by atoms with Crippen molar-refractivity contribution in [3.05, 3.63) is 35.4 Å². The first kappa shape index (κ1) is 10.1. The van der Waals surface area contributed by atoms with E-state index in [4.69, 9.17) is 10.8 Å². The average molecular weight is 187 g/mol. The van der Waals surface area contributed by atoms with Crippen LogP contribution in [-0.4, -0.2) is 11.7 Å². The molecule has 3 N–H and O–H groups in total. The number of aliphatic hydroxyl groups is 1. The molecule has 0 saturated heterocycles. The van der Waals surface area contributed by atoms with Crippen molar-refractivity contribution in [1.29, 1.82) is 0 Å². The van der Waals surface area contributed by atoms with Gasteiger partial charge >= 0.3 is 0 Å². The largest absolute Gasteiger partial charge is 0.394 e. The molecule has 0 amide bonds. The van der Waals surface area contributed by atoms with Crippen molar-refractivity contribution in [2.45, 2.75) is 12.5 Å². The molecule has 0 aliphatic rings. The van der Waals surface area contributed by atoms with Gasteiger partial charge in [-0.15, -0.1) is 0 Å². The van der Waals surface area contributed by atoms with E-state index >= 15 is 0 Å². The van der Waals surface area contributed by atoms with Gasteiger partial charge in [0, 0.05) is 5.56 Å². The predicted octanol–water partition coefficient (Wildman–Crippen LogP) is 1.62. The first-order valence-corrected chi connectivity index (χ1v) is 3.90. The molecule has 1 aromatic carbocycles. The Bertz CT molecular complexity index is 278. The maximum Gasteiger partial charge on any atom is 0.264 e. The van der Waals surface area contributed by atoms with Crippen molar-refractivity contribution in [2.24, 2.45) is 5.73 Å². The van der Waals surface area contributed by atoms with Crippen molar-refractivity contribution in [1.82, 2.24) is 0 Å². The highest BCUT2D eigenvalue weighted by molar-refractivity contribution is 5.30. The molecule has 0 radical (unpaired) electrons. The van der Waals surface area contributed by atoms with Gasteiger partial charge in [0.25, 0.3) is 6.43 Å². The zero-order chi connectivity index (χ0) is 9.84. The lowest BCUT2D eigenvalue weighted by molar-refractivity contribution is 0.148. The molecule has 72 valence electrons. The van der Waals surface area contributed by atoms with E-state index in [0.717, 1.165) is 0 Å². The summed E-state index contributed by atoms with van der Waals surface area (Å²) in [6.45, 7) is -0.330. The Morgan fingerprint density at radius 2 is 1.77 bits per heavy atom. The number of rotatable bonds is 3. The number of halogens is 2. The molecule has 0 bridgehead atoms. The van der Waals surface area contributed by atoms with Crippen molar-refractivity contribution in [3.8, 4) is 0 Å². The number of aliphatic hydroxyl groups excluding tert-OH is 1. The molecule has 0 saturated carbocycles. The summed E-state index contributed by atoms with van der Waals surface area (Å²) >= 11 is 0. The molecule has 2 nitrogen and oxygen atoms in total. The first-order chi connectivity index (χ1) is 6.16. The molecular weight excluding hydrogens is 176 g/mol. The number of hydrogen-bond acceptors (Lipinski definition) is 2. The number of nitrogens with two attached hydrogens (primary N) is 1. The Kier molecular flexibility index (Phi) is 3.33. The van der Waals surface area contributed by atoms with E-state index in [2.05, 4.69) is 0 Å². The second-order valence-electron chi connectivity index (χ2n) is 2.72. The molecule has 13 heavy (non-hydrogen) atoms. The van der Waals surface area contributed by atoms with Crippen LogP contribution in [0.15, 0.2) is 24.3 Å². The van der Waals surface area contributed by atoms with Gasteiger partial charge in [-0.25, -0.2) is 8.78 Å². The van der Waals surface area contributed by atoms with Gasteiger partial charge in [0.2, 0.25) is 0 Å². The SMILES string of the molecule is NC(CO)c1ccccc1C(F)F. The van der Waals surface area contributed by atoms with Crippen LogP contribution in [0, 0.1) is 0 Å². The van der Waals surface area contributed by atoms with E-state index in [1.807, 2.05) is 0 Å². The summed E-state index contributed by atoms with van der Waals surface area (Å²) in [7, 11) is 0. The lowest BCUT2D eigenvalue weighted by atomic mass is 10.0. The van der Waals surface area contributed by atoms with E-state index in [-0.39, 0.29) is 12.2 Å². The molecule has 0 aliphatic heterocycles. The lowest BCUT2D eigenvalue weighted by Gasteiger charge is -2.13. The molecule has 1 unspecified atom stereocenters. The van der Waals surface area contributed by atoms with Gasteiger partial charge in [-0.05, 0) is 5.56 Å². The summed E-state index contributed by atoms with van der Waals surface area (Å²) < 4.78 is 24.8. The fourth-order valence-electron chi connectivity index (χ4n) is 1.15. The van der Waals surface area contributed by atoms with Gasteiger partial charge in [0.05, 0.1) is 12.6 Å². The highest BCUT2D eigenvalue weighted by Gasteiger charge is 2.15. The minimum atomic E-state index is -2.55. The van der Waals surface area contributed by atoms with Crippen LogP contribution in [0.4, 0.5) is 8.78 Å². The van der Waals surface area contributed by atoms with Crippen LogP contribution in [0.25, 0.3) is 0 Å². The maximum absolute atomic E-state index is 12.4. The average Bonchev–Trinajstić information content (AvgIpc) is 2.16. The van der Waals surface area contributed by atoms with E-state index in [1.165, 1.54) is 18.2 Å². The first-order valence-electron chi connectivity index (χ1n) is 3.90. The summed E-state index contributed by atoms with van der Waals surface area (Å²) in [5.74, 6) is 0. The van der Waals surface area contributed by atoms with Crippen molar-refractivity contribution < 1.29 is 13.9 Å². The highest BCUT2D eigenvalue weighted by Crippen LogP contribution is 2.25. The third-order valence-electron chi connectivity index (χ3n) is 1.83. The van der Waals surface area contributed by atoms with Crippen LogP contribution >= 0.6 is 0 Å². The van der Waals surface area contributed by atoms with Crippen LogP contribution in [0.1, 0.15) is 23.6 Å². The van der Waals surface area contributed by atoms with E-state index in [0.29, 0.717) is 5.56 Å². The molecule has 1 rings (SSSR count). The van der Waals surface area contributed by atoms with E-state index < -0.39 is 12.5 Å². The van der Waals surface area contributed by atoms with Crippen LogP contribution < -0.4 is 5.73 Å². The summed E-state index contributed by atoms with van der Waals surface area (Å²) in [5.41, 5.74) is 5.65. The second kappa shape index (κ2) is 4.30. The fraction of sp³-hybridized carbons (Fsp3) is 0.333. The molecule has 0 aromatic heterocycles. The fourth-order valence-corrected chi connectivity index (χ4v) is 1.15. The summed E-state index contributed by atoms with van der Waals surface area (Å²) in [4.78, 5) is 0. The van der Waals surface area contributed by atoms with Crippen LogP contribution in [0.5, 0.6) is 0 Å². The topological polar surface area (TPSA) is 46.2 Å². The van der Waals surface area contributed by atoms with Crippen molar-refractivity contribution in [2.75, 3.05) is 6.61 Å². The smallest absolute Gasteiger partial charge is 0.264 e. The molecule has 4 heteroatoms. The summed E-state index contributed by atoms with van der Waals surface area (Å²) in [6.07, 6.45) is -2.55. The van der Waals surface area contributed by atoms with Crippen molar-refractivity contribution in [3.63, 3.8) is 0 Å². The van der Waals surface area contributed by atoms with Crippen LogP contribution in [0.2, 0.25) is 0 Å². The zero-order valence-electron chi connectivity index (χ0n) is 6.95. The Hall–Kier alpha value is -1.00. The Labute approximate surface area is 75.0 Å². The lowest BCUT2D eigenvalue weighted by Crippen LogP contribution is -2.16. The normalized spacial score (nSPS) is 13.3. The summed E-state index contributed by atoms with van der Waals surface area (Å²) in [5, 5.41) is 8.72. The van der Waals surface area contributed by atoms with E-state index in [1.54, 1.807) is 6.07 Å². The molecule has 1 atom stereocenters. The van der Waals surface area contributed by atoms with Gasteiger partial charge in [0.1, 0.15) is 0 Å². The minimum Gasteiger partial charge on any atom is -0.394 e. The second-order valence-corrected chi connectivity index (χ2v) is 2.72. The monoisotopic (exact) mass is 187 g/mol. The maximum atomic E-state index is 12.4. The third-order valence-corrected chi connectivity index (χ3v) is 1.83. The number of benzene rings is 1. The Morgan fingerprint density at radius 3 is 2.23 bits per heavy atom. The van der Waals surface area contributed by atoms with Gasteiger partial charge < -0.3 is 10.8 Å².